The first-order valence-corrected chi connectivity index (χ1v) is 7.92. The highest BCUT2D eigenvalue weighted by molar-refractivity contribution is 5.47. The molecule has 0 saturated heterocycles. The Labute approximate surface area is 133 Å². The van der Waals surface area contributed by atoms with Gasteiger partial charge in [0.25, 0.3) is 0 Å². The highest BCUT2D eigenvalue weighted by atomic mass is 15.1. The summed E-state index contributed by atoms with van der Waals surface area (Å²) in [4.78, 5) is 8.88. The summed E-state index contributed by atoms with van der Waals surface area (Å²) >= 11 is 0. The zero-order valence-electron chi connectivity index (χ0n) is 14.0. The van der Waals surface area contributed by atoms with Crippen LogP contribution in [-0.4, -0.2) is 16.5 Å². The number of aromatic nitrogens is 2. The zero-order chi connectivity index (χ0) is 15.9. The molecule has 0 fully saturated rings. The Kier molecular flexibility index (Phi) is 5.75. The van der Waals surface area contributed by atoms with E-state index in [-0.39, 0.29) is 0 Å². The molecular formula is C18H26N4. The molecule has 118 valence electrons. The molecule has 0 aliphatic carbocycles. The number of benzene rings is 1. The van der Waals surface area contributed by atoms with Crippen LogP contribution < -0.4 is 10.6 Å². The van der Waals surface area contributed by atoms with E-state index in [4.69, 9.17) is 0 Å². The maximum absolute atomic E-state index is 4.45. The minimum absolute atomic E-state index is 0.689. The Morgan fingerprint density at radius 3 is 2.23 bits per heavy atom. The van der Waals surface area contributed by atoms with Gasteiger partial charge in [-0.1, -0.05) is 43.7 Å². The maximum atomic E-state index is 4.45. The molecule has 0 atom stereocenters. The molecule has 1 aromatic heterocycles. The fraction of sp³-hybridized carbons (Fsp3) is 0.444. The van der Waals surface area contributed by atoms with Crippen molar-refractivity contribution in [1.82, 2.24) is 9.97 Å². The molecule has 0 unspecified atom stereocenters. The lowest BCUT2D eigenvalue weighted by molar-refractivity contribution is 0.606. The van der Waals surface area contributed by atoms with Crippen molar-refractivity contribution in [3.63, 3.8) is 0 Å². The van der Waals surface area contributed by atoms with Crippen LogP contribution in [0.5, 0.6) is 0 Å². The van der Waals surface area contributed by atoms with E-state index >= 15 is 0 Å². The van der Waals surface area contributed by atoms with E-state index in [0.717, 1.165) is 37.0 Å². The summed E-state index contributed by atoms with van der Waals surface area (Å²) in [6, 6.07) is 10.5. The van der Waals surface area contributed by atoms with E-state index in [0.29, 0.717) is 5.92 Å². The quantitative estimate of drug-likeness (QED) is 0.805. The van der Waals surface area contributed by atoms with Crippen LogP contribution in [0.1, 0.15) is 37.2 Å². The molecule has 22 heavy (non-hydrogen) atoms. The van der Waals surface area contributed by atoms with Crippen LogP contribution in [0.15, 0.2) is 30.3 Å². The first-order valence-electron chi connectivity index (χ1n) is 7.92. The lowest BCUT2D eigenvalue weighted by Gasteiger charge is -2.11. The van der Waals surface area contributed by atoms with Crippen LogP contribution in [-0.2, 0) is 6.54 Å². The second kappa shape index (κ2) is 7.78. The molecule has 1 aromatic carbocycles. The Balaban J connectivity index is 1.95. The maximum Gasteiger partial charge on any atom is 0.132 e. The Bertz CT molecular complexity index is 591. The lowest BCUT2D eigenvalue weighted by Crippen LogP contribution is -2.09. The van der Waals surface area contributed by atoms with Gasteiger partial charge in [-0.05, 0) is 31.7 Å². The average Bonchev–Trinajstić information content (AvgIpc) is 2.46. The molecule has 2 aromatic rings. The van der Waals surface area contributed by atoms with Crippen LogP contribution in [0.2, 0.25) is 0 Å². The van der Waals surface area contributed by atoms with Gasteiger partial charge in [0.1, 0.15) is 17.5 Å². The van der Waals surface area contributed by atoms with E-state index in [1.807, 2.05) is 13.0 Å². The molecule has 0 amide bonds. The van der Waals surface area contributed by atoms with Crippen molar-refractivity contribution in [1.29, 1.82) is 0 Å². The largest absolute Gasteiger partial charge is 0.370 e. The topological polar surface area (TPSA) is 49.8 Å². The molecule has 1 heterocycles. The molecule has 0 bridgehead atoms. The minimum atomic E-state index is 0.689. The number of aryl methyl sites for hydroxylation is 2. The normalized spacial score (nSPS) is 10.8. The number of hydrogen-bond donors (Lipinski definition) is 2. The van der Waals surface area contributed by atoms with E-state index in [1.165, 1.54) is 11.1 Å². The van der Waals surface area contributed by atoms with Crippen molar-refractivity contribution < 1.29 is 0 Å². The van der Waals surface area contributed by atoms with Crippen LogP contribution in [0.25, 0.3) is 0 Å². The van der Waals surface area contributed by atoms with Crippen LogP contribution >= 0.6 is 0 Å². The van der Waals surface area contributed by atoms with E-state index < -0.39 is 0 Å². The molecule has 0 aliphatic heterocycles. The van der Waals surface area contributed by atoms with Gasteiger partial charge >= 0.3 is 0 Å². The summed E-state index contributed by atoms with van der Waals surface area (Å²) in [5.74, 6) is 3.22. The van der Waals surface area contributed by atoms with Crippen LogP contribution in [0, 0.1) is 19.8 Å². The van der Waals surface area contributed by atoms with Gasteiger partial charge in [-0.15, -0.1) is 0 Å². The van der Waals surface area contributed by atoms with Crippen molar-refractivity contribution >= 4 is 11.6 Å². The van der Waals surface area contributed by atoms with Crippen LogP contribution in [0.4, 0.5) is 11.6 Å². The van der Waals surface area contributed by atoms with Gasteiger partial charge in [-0.2, -0.15) is 0 Å². The minimum Gasteiger partial charge on any atom is -0.370 e. The zero-order valence-corrected chi connectivity index (χ0v) is 14.0. The third-order valence-corrected chi connectivity index (χ3v) is 3.46. The Morgan fingerprint density at radius 2 is 1.59 bits per heavy atom. The van der Waals surface area contributed by atoms with E-state index in [9.17, 15) is 0 Å². The van der Waals surface area contributed by atoms with Crippen molar-refractivity contribution in [2.75, 3.05) is 17.2 Å². The molecule has 0 radical (unpaired) electrons. The molecule has 0 saturated carbocycles. The van der Waals surface area contributed by atoms with Crippen molar-refractivity contribution in [3.8, 4) is 0 Å². The number of nitrogens with one attached hydrogen (secondary N) is 2. The fourth-order valence-corrected chi connectivity index (χ4v) is 2.14. The molecule has 0 spiro atoms. The predicted octanol–water partition coefficient (Wildman–Crippen LogP) is 4.16. The van der Waals surface area contributed by atoms with Crippen molar-refractivity contribution in [2.24, 2.45) is 5.92 Å². The average molecular weight is 298 g/mol. The van der Waals surface area contributed by atoms with Gasteiger partial charge in [0.05, 0.1) is 0 Å². The van der Waals surface area contributed by atoms with E-state index in [2.05, 4.69) is 65.6 Å². The first kappa shape index (κ1) is 16.3. The SMILES string of the molecule is Cc1ccc(CNc2cc(NCCC(C)C)nc(C)n2)cc1. The summed E-state index contributed by atoms with van der Waals surface area (Å²) in [6.07, 6.45) is 1.13. The third kappa shape index (κ3) is 5.35. The molecule has 4 nitrogen and oxygen atoms in total. The summed E-state index contributed by atoms with van der Waals surface area (Å²) < 4.78 is 0. The molecule has 2 rings (SSSR count). The molecule has 0 aliphatic rings. The van der Waals surface area contributed by atoms with Gasteiger partial charge in [0.2, 0.25) is 0 Å². The third-order valence-electron chi connectivity index (χ3n) is 3.46. The van der Waals surface area contributed by atoms with Gasteiger partial charge in [0.15, 0.2) is 0 Å². The lowest BCUT2D eigenvalue weighted by atomic mass is 10.1. The highest BCUT2D eigenvalue weighted by Crippen LogP contribution is 2.13. The fourth-order valence-electron chi connectivity index (χ4n) is 2.14. The second-order valence-corrected chi connectivity index (χ2v) is 6.13. The van der Waals surface area contributed by atoms with Gasteiger partial charge in [-0.25, -0.2) is 9.97 Å². The number of hydrogen-bond acceptors (Lipinski definition) is 4. The number of nitrogens with zero attached hydrogens (tertiary/aromatic N) is 2. The van der Waals surface area contributed by atoms with Gasteiger partial charge in [0, 0.05) is 19.2 Å². The monoisotopic (exact) mass is 298 g/mol. The summed E-state index contributed by atoms with van der Waals surface area (Å²) in [5.41, 5.74) is 2.52. The van der Waals surface area contributed by atoms with Crippen molar-refractivity contribution in [2.45, 2.75) is 40.7 Å². The van der Waals surface area contributed by atoms with Gasteiger partial charge < -0.3 is 10.6 Å². The van der Waals surface area contributed by atoms with E-state index in [1.54, 1.807) is 0 Å². The first-order chi connectivity index (χ1) is 10.5. The Morgan fingerprint density at radius 1 is 0.955 bits per heavy atom. The smallest absolute Gasteiger partial charge is 0.132 e. The molecular weight excluding hydrogens is 272 g/mol. The number of anilines is 2. The predicted molar refractivity (Wildman–Crippen MR) is 93.2 cm³/mol. The Hall–Kier alpha value is -2.10. The second-order valence-electron chi connectivity index (χ2n) is 6.13. The molecule has 4 heteroatoms. The summed E-state index contributed by atoms with van der Waals surface area (Å²) in [7, 11) is 0. The molecule has 2 N–H and O–H groups in total. The highest BCUT2D eigenvalue weighted by Gasteiger charge is 2.02. The van der Waals surface area contributed by atoms with Gasteiger partial charge in [-0.3, -0.25) is 0 Å². The number of rotatable bonds is 7. The summed E-state index contributed by atoms with van der Waals surface area (Å²) in [6.45, 7) is 10.2. The van der Waals surface area contributed by atoms with Crippen molar-refractivity contribution in [3.05, 3.63) is 47.3 Å². The summed E-state index contributed by atoms with van der Waals surface area (Å²) in [5, 5.41) is 6.74. The van der Waals surface area contributed by atoms with Crippen LogP contribution in [0.3, 0.4) is 0 Å². The standard InChI is InChI=1S/C18H26N4/c1-13(2)9-10-19-17-11-18(22-15(4)21-17)20-12-16-7-5-14(3)6-8-16/h5-8,11,13H,9-10,12H2,1-4H3,(H2,19,20,21,22).